The number of pyridine rings is 2. The molecule has 0 saturated heterocycles. The van der Waals surface area contributed by atoms with E-state index in [-0.39, 0.29) is 6.04 Å². The molecule has 2 aromatic heterocycles. The van der Waals surface area contributed by atoms with E-state index in [4.69, 9.17) is 5.73 Å². The van der Waals surface area contributed by atoms with Crippen molar-refractivity contribution in [2.45, 2.75) is 32.7 Å². The normalized spacial score (nSPS) is 12.3. The Morgan fingerprint density at radius 3 is 2.80 bits per heavy atom. The van der Waals surface area contributed by atoms with Gasteiger partial charge in [-0.1, -0.05) is 19.9 Å². The van der Waals surface area contributed by atoms with Gasteiger partial charge in [-0.3, -0.25) is 9.97 Å². The second-order valence-electron chi connectivity index (χ2n) is 4.79. The monoisotopic (exact) mass is 270 g/mol. The topological polar surface area (TPSA) is 63.8 Å². The number of hydrogen-bond donors (Lipinski definition) is 2. The van der Waals surface area contributed by atoms with Crippen LogP contribution in [0.25, 0.3) is 0 Å². The molecule has 0 aromatic carbocycles. The number of aryl methyl sites for hydroxylation is 1. The number of anilines is 1. The van der Waals surface area contributed by atoms with Crippen molar-refractivity contribution in [3.05, 3.63) is 53.6 Å². The molecule has 4 nitrogen and oxygen atoms in total. The lowest BCUT2D eigenvalue weighted by atomic mass is 9.98. The number of hydrogen-bond acceptors (Lipinski definition) is 4. The van der Waals surface area contributed by atoms with Crippen LogP contribution in [0.2, 0.25) is 0 Å². The number of aromatic nitrogens is 2. The Labute approximate surface area is 120 Å². The first-order valence-corrected chi connectivity index (χ1v) is 7.14. The summed E-state index contributed by atoms with van der Waals surface area (Å²) in [7, 11) is 0. The highest BCUT2D eigenvalue weighted by atomic mass is 14.9. The van der Waals surface area contributed by atoms with Gasteiger partial charge in [0.15, 0.2) is 0 Å². The van der Waals surface area contributed by atoms with Crippen molar-refractivity contribution in [1.82, 2.24) is 15.3 Å². The highest BCUT2D eigenvalue weighted by Gasteiger charge is 2.19. The summed E-state index contributed by atoms with van der Waals surface area (Å²) in [6, 6.07) is 5.94. The molecule has 0 aliphatic rings. The Balaban J connectivity index is 2.44. The van der Waals surface area contributed by atoms with E-state index in [1.807, 2.05) is 24.5 Å². The van der Waals surface area contributed by atoms with Crippen LogP contribution in [0.5, 0.6) is 0 Å². The molecule has 0 saturated carbocycles. The molecule has 3 N–H and O–H groups in total. The van der Waals surface area contributed by atoms with E-state index in [0.717, 1.165) is 36.3 Å². The molecule has 0 aliphatic heterocycles. The fourth-order valence-corrected chi connectivity index (χ4v) is 2.31. The van der Waals surface area contributed by atoms with Crippen molar-refractivity contribution < 1.29 is 0 Å². The maximum absolute atomic E-state index is 6.11. The summed E-state index contributed by atoms with van der Waals surface area (Å²) in [5.41, 5.74) is 10.1. The molecule has 0 amide bonds. The predicted molar refractivity (Wildman–Crippen MR) is 82.4 cm³/mol. The first kappa shape index (κ1) is 14.5. The van der Waals surface area contributed by atoms with Crippen molar-refractivity contribution >= 4 is 5.69 Å². The third kappa shape index (κ3) is 3.14. The molecule has 0 spiro atoms. The fraction of sp³-hybridized carbons (Fsp3) is 0.375. The molecule has 1 unspecified atom stereocenters. The van der Waals surface area contributed by atoms with Crippen LogP contribution in [0, 0.1) is 0 Å². The van der Waals surface area contributed by atoms with Crippen molar-refractivity contribution in [3.63, 3.8) is 0 Å². The first-order valence-electron chi connectivity index (χ1n) is 7.14. The molecular formula is C16H22N4. The molecule has 2 aromatic rings. The quantitative estimate of drug-likeness (QED) is 0.847. The number of nitrogens with two attached hydrogens (primary N) is 1. The van der Waals surface area contributed by atoms with Gasteiger partial charge in [-0.15, -0.1) is 0 Å². The minimum absolute atomic E-state index is 0.000185. The van der Waals surface area contributed by atoms with Crippen LogP contribution in [-0.2, 0) is 6.42 Å². The Kier molecular flexibility index (Phi) is 5.07. The van der Waals surface area contributed by atoms with Crippen LogP contribution >= 0.6 is 0 Å². The van der Waals surface area contributed by atoms with Gasteiger partial charge in [0, 0.05) is 29.8 Å². The van der Waals surface area contributed by atoms with Gasteiger partial charge >= 0.3 is 0 Å². The highest BCUT2D eigenvalue weighted by Crippen LogP contribution is 2.27. The Hall–Kier alpha value is -1.94. The second kappa shape index (κ2) is 7.01. The third-order valence-electron chi connectivity index (χ3n) is 3.38. The van der Waals surface area contributed by atoms with Gasteiger partial charge in [0.2, 0.25) is 0 Å². The maximum Gasteiger partial charge on any atom is 0.0789 e. The molecule has 2 rings (SSSR count). The van der Waals surface area contributed by atoms with Gasteiger partial charge in [-0.25, -0.2) is 0 Å². The predicted octanol–water partition coefficient (Wildman–Crippen LogP) is 2.71. The zero-order chi connectivity index (χ0) is 14.4. The summed E-state index contributed by atoms with van der Waals surface area (Å²) < 4.78 is 0. The van der Waals surface area contributed by atoms with Crippen LogP contribution in [0.3, 0.4) is 0 Å². The van der Waals surface area contributed by atoms with Crippen molar-refractivity contribution in [3.8, 4) is 0 Å². The fourth-order valence-electron chi connectivity index (χ4n) is 2.31. The number of nitrogen functional groups attached to an aromatic ring is 1. The van der Waals surface area contributed by atoms with E-state index in [1.165, 1.54) is 5.56 Å². The van der Waals surface area contributed by atoms with E-state index >= 15 is 0 Å². The lowest BCUT2D eigenvalue weighted by molar-refractivity contribution is 0.581. The molecule has 0 aliphatic carbocycles. The summed E-state index contributed by atoms with van der Waals surface area (Å²) in [4.78, 5) is 8.78. The maximum atomic E-state index is 6.11. The molecule has 0 fully saturated rings. The first-order chi connectivity index (χ1) is 9.77. The Bertz CT molecular complexity index is 554. The third-order valence-corrected chi connectivity index (χ3v) is 3.38. The van der Waals surface area contributed by atoms with E-state index < -0.39 is 0 Å². The largest absolute Gasteiger partial charge is 0.398 e. The summed E-state index contributed by atoms with van der Waals surface area (Å²) in [6.07, 6.45) is 7.39. The molecule has 1 atom stereocenters. The minimum atomic E-state index is -0.000185. The summed E-state index contributed by atoms with van der Waals surface area (Å²) in [5.74, 6) is 0. The van der Waals surface area contributed by atoms with Gasteiger partial charge in [0.1, 0.15) is 0 Å². The van der Waals surface area contributed by atoms with Gasteiger partial charge in [0.05, 0.1) is 11.7 Å². The molecule has 106 valence electrons. The lowest BCUT2D eigenvalue weighted by Crippen LogP contribution is -2.26. The molecule has 2 heterocycles. The highest BCUT2D eigenvalue weighted by molar-refractivity contribution is 5.49. The van der Waals surface area contributed by atoms with E-state index in [2.05, 4.69) is 35.2 Å². The van der Waals surface area contributed by atoms with Crippen LogP contribution < -0.4 is 11.1 Å². The van der Waals surface area contributed by atoms with Gasteiger partial charge in [-0.05, 0) is 37.1 Å². The van der Waals surface area contributed by atoms with Crippen LogP contribution in [0.15, 0.2) is 36.8 Å². The van der Waals surface area contributed by atoms with Gasteiger partial charge in [-0.2, -0.15) is 0 Å². The SMILES string of the molecule is CCCNC(c1cnccc1N)c1ncccc1CC. The zero-order valence-electron chi connectivity index (χ0n) is 12.1. The minimum Gasteiger partial charge on any atom is -0.398 e. The van der Waals surface area contributed by atoms with Crippen molar-refractivity contribution in [2.24, 2.45) is 0 Å². The zero-order valence-corrected chi connectivity index (χ0v) is 12.1. The standard InChI is InChI=1S/C16H22N4/c1-3-8-19-16(13-11-18-10-7-14(13)17)15-12(4-2)6-5-9-20-15/h5-7,9-11,16,19H,3-4,8H2,1-2H3,(H2,17,18). The molecule has 20 heavy (non-hydrogen) atoms. The Morgan fingerprint density at radius 2 is 2.10 bits per heavy atom. The molecule has 4 heteroatoms. The Morgan fingerprint density at radius 1 is 1.25 bits per heavy atom. The summed E-state index contributed by atoms with van der Waals surface area (Å²) >= 11 is 0. The van der Waals surface area contributed by atoms with Crippen LogP contribution in [0.4, 0.5) is 5.69 Å². The van der Waals surface area contributed by atoms with Crippen molar-refractivity contribution in [1.29, 1.82) is 0 Å². The smallest absolute Gasteiger partial charge is 0.0789 e. The number of nitrogens with one attached hydrogen (secondary N) is 1. The number of rotatable bonds is 6. The van der Waals surface area contributed by atoms with Gasteiger partial charge < -0.3 is 11.1 Å². The van der Waals surface area contributed by atoms with E-state index in [0.29, 0.717) is 0 Å². The molecule has 0 radical (unpaired) electrons. The average molecular weight is 270 g/mol. The summed E-state index contributed by atoms with van der Waals surface area (Å²) in [6.45, 7) is 5.21. The molecule has 0 bridgehead atoms. The van der Waals surface area contributed by atoms with Crippen molar-refractivity contribution in [2.75, 3.05) is 12.3 Å². The number of nitrogens with zero attached hydrogens (tertiary/aromatic N) is 2. The average Bonchev–Trinajstić information content (AvgIpc) is 2.49. The molecular weight excluding hydrogens is 248 g/mol. The second-order valence-corrected chi connectivity index (χ2v) is 4.79. The van der Waals surface area contributed by atoms with Crippen LogP contribution in [-0.4, -0.2) is 16.5 Å². The lowest BCUT2D eigenvalue weighted by Gasteiger charge is -2.21. The van der Waals surface area contributed by atoms with Gasteiger partial charge in [0.25, 0.3) is 0 Å². The van der Waals surface area contributed by atoms with E-state index in [1.54, 1.807) is 6.20 Å². The van der Waals surface area contributed by atoms with Crippen LogP contribution in [0.1, 0.15) is 43.1 Å². The van der Waals surface area contributed by atoms with E-state index in [9.17, 15) is 0 Å². The summed E-state index contributed by atoms with van der Waals surface area (Å²) in [5, 5.41) is 3.54.